The molecular weight excluding hydrogens is 658 g/mol. The van der Waals surface area contributed by atoms with Gasteiger partial charge in [0.2, 0.25) is 5.91 Å². The molecule has 0 bridgehead atoms. The summed E-state index contributed by atoms with van der Waals surface area (Å²) in [5.74, 6) is 0.615. The Labute approximate surface area is 306 Å². The van der Waals surface area contributed by atoms with Gasteiger partial charge in [0.05, 0.1) is 11.0 Å². The molecule has 1 fully saturated rings. The molecular formula is C41H53N5O6. The smallest absolute Gasteiger partial charge is 0.407 e. The lowest BCUT2D eigenvalue weighted by Gasteiger charge is -2.34. The van der Waals surface area contributed by atoms with E-state index in [-0.39, 0.29) is 18.2 Å². The van der Waals surface area contributed by atoms with Crippen molar-refractivity contribution >= 4 is 34.6 Å². The number of nitrogens with zero attached hydrogens (tertiary/aromatic N) is 3. The molecule has 1 aliphatic rings. The Balaban J connectivity index is 1.28. The van der Waals surface area contributed by atoms with Gasteiger partial charge >= 0.3 is 6.09 Å². The highest BCUT2D eigenvalue weighted by Gasteiger charge is 2.31. The fourth-order valence-electron chi connectivity index (χ4n) is 6.56. The van der Waals surface area contributed by atoms with E-state index in [1.165, 1.54) is 13.8 Å². The topological polar surface area (TPSA) is 135 Å². The van der Waals surface area contributed by atoms with Gasteiger partial charge in [-0.3, -0.25) is 9.59 Å². The van der Waals surface area contributed by atoms with E-state index in [0.29, 0.717) is 31.8 Å². The van der Waals surface area contributed by atoms with Crippen LogP contribution in [0, 0.1) is 0 Å². The number of piperidine rings is 1. The number of ether oxygens (including phenoxy) is 2. The minimum Gasteiger partial charge on any atom is -0.444 e. The minimum atomic E-state index is -1.48. The van der Waals surface area contributed by atoms with Crippen molar-refractivity contribution in [3.05, 3.63) is 84.2 Å². The molecule has 11 nitrogen and oxygen atoms in total. The maximum atomic E-state index is 13.9. The van der Waals surface area contributed by atoms with Crippen molar-refractivity contribution in [2.24, 2.45) is 0 Å². The fourth-order valence-corrected chi connectivity index (χ4v) is 6.56. The standard InChI is InChI=1S/C41H53N5O6/c1-40(2,3)52-39(49)43-33(25-28-14-16-29(17-15-28)30-18-20-32(21-19-30)42-38(48)41(4,5)50)26-36(47)45-22-9-11-31(27-45)37-44-34-12-7-8-13-35(34)46(37)23-10-24-51-6/h7-8,12-21,31,33,50H,9-11,22-27H2,1-6H3,(H,42,48)(H,43,49)/t31-,33-/m1/s1. The number of carbonyl (C=O) groups excluding carboxylic acids is 3. The number of aliphatic hydroxyl groups is 1. The predicted octanol–water partition coefficient (Wildman–Crippen LogP) is 6.68. The lowest BCUT2D eigenvalue weighted by Crippen LogP contribution is -2.46. The van der Waals surface area contributed by atoms with Gasteiger partial charge in [-0.1, -0.05) is 48.5 Å². The first-order valence-electron chi connectivity index (χ1n) is 18.1. The number of rotatable bonds is 13. The molecule has 3 aromatic carbocycles. The Kier molecular flexibility index (Phi) is 12.4. The van der Waals surface area contributed by atoms with Crippen LogP contribution in [-0.4, -0.2) is 81.5 Å². The van der Waals surface area contributed by atoms with Gasteiger partial charge in [0, 0.05) is 57.4 Å². The van der Waals surface area contributed by atoms with Crippen LogP contribution < -0.4 is 10.6 Å². The molecule has 1 saturated heterocycles. The Morgan fingerprint density at radius 3 is 2.29 bits per heavy atom. The first-order valence-corrected chi connectivity index (χ1v) is 18.1. The Hall–Kier alpha value is -4.74. The summed E-state index contributed by atoms with van der Waals surface area (Å²) in [6.45, 7) is 11.0. The number of benzene rings is 3. The Morgan fingerprint density at radius 1 is 0.962 bits per heavy atom. The third-order valence-corrected chi connectivity index (χ3v) is 9.16. The summed E-state index contributed by atoms with van der Waals surface area (Å²) >= 11 is 0. The summed E-state index contributed by atoms with van der Waals surface area (Å²) in [6.07, 6.45) is 2.71. The molecule has 278 valence electrons. The van der Waals surface area contributed by atoms with Crippen LogP contribution in [0.4, 0.5) is 10.5 Å². The van der Waals surface area contributed by atoms with Crippen LogP contribution in [0.15, 0.2) is 72.8 Å². The van der Waals surface area contributed by atoms with Gasteiger partial charge in [0.25, 0.3) is 5.91 Å². The van der Waals surface area contributed by atoms with E-state index in [2.05, 4.69) is 21.3 Å². The highest BCUT2D eigenvalue weighted by Crippen LogP contribution is 2.30. The number of para-hydroxylation sites is 2. The first-order chi connectivity index (χ1) is 24.7. The number of fused-ring (bicyclic) bond motifs is 1. The van der Waals surface area contributed by atoms with Crippen LogP contribution in [0.5, 0.6) is 0 Å². The number of amides is 3. The molecule has 0 saturated carbocycles. The van der Waals surface area contributed by atoms with Crippen LogP contribution in [0.3, 0.4) is 0 Å². The van der Waals surface area contributed by atoms with E-state index >= 15 is 0 Å². The summed E-state index contributed by atoms with van der Waals surface area (Å²) in [5.41, 5.74) is 3.39. The van der Waals surface area contributed by atoms with E-state index in [9.17, 15) is 19.5 Å². The number of likely N-dealkylation sites (tertiary alicyclic amines) is 1. The summed E-state index contributed by atoms with van der Waals surface area (Å²) in [6, 6.07) is 23.1. The number of anilines is 1. The molecule has 0 spiro atoms. The van der Waals surface area contributed by atoms with E-state index in [4.69, 9.17) is 14.5 Å². The van der Waals surface area contributed by atoms with Crippen molar-refractivity contribution in [2.75, 3.05) is 32.1 Å². The summed E-state index contributed by atoms with van der Waals surface area (Å²) in [4.78, 5) is 46.0. The molecule has 0 radical (unpaired) electrons. The van der Waals surface area contributed by atoms with Crippen molar-refractivity contribution in [3.8, 4) is 11.1 Å². The molecule has 52 heavy (non-hydrogen) atoms. The molecule has 0 unspecified atom stereocenters. The first kappa shape index (κ1) is 38.5. The molecule has 1 aromatic heterocycles. The number of nitrogens with one attached hydrogen (secondary N) is 2. The van der Waals surface area contributed by atoms with E-state index in [1.54, 1.807) is 19.2 Å². The molecule has 4 aromatic rings. The quantitative estimate of drug-likeness (QED) is 0.132. The van der Waals surface area contributed by atoms with Crippen molar-refractivity contribution in [3.63, 3.8) is 0 Å². The van der Waals surface area contributed by atoms with Crippen molar-refractivity contribution in [2.45, 2.75) is 96.4 Å². The van der Waals surface area contributed by atoms with Crippen molar-refractivity contribution in [1.82, 2.24) is 19.8 Å². The third-order valence-electron chi connectivity index (χ3n) is 9.16. The lowest BCUT2D eigenvalue weighted by atomic mass is 9.95. The number of alkyl carbamates (subject to hydrolysis) is 1. The van der Waals surface area contributed by atoms with Crippen molar-refractivity contribution < 1.29 is 29.0 Å². The third kappa shape index (κ3) is 10.4. The average Bonchev–Trinajstić information content (AvgIpc) is 3.46. The summed E-state index contributed by atoms with van der Waals surface area (Å²) in [5, 5.41) is 15.6. The molecule has 0 aliphatic carbocycles. The predicted molar refractivity (Wildman–Crippen MR) is 203 cm³/mol. The molecule has 11 heteroatoms. The van der Waals surface area contributed by atoms with Crippen LogP contribution in [-0.2, 0) is 32.0 Å². The second-order valence-electron chi connectivity index (χ2n) is 15.2. The second kappa shape index (κ2) is 16.7. The van der Waals surface area contributed by atoms with Crippen LogP contribution in [0.1, 0.15) is 77.6 Å². The zero-order valence-electron chi connectivity index (χ0n) is 31.3. The highest BCUT2D eigenvalue weighted by atomic mass is 16.6. The van der Waals surface area contributed by atoms with Crippen LogP contribution in [0.2, 0.25) is 0 Å². The summed E-state index contributed by atoms with van der Waals surface area (Å²) < 4.78 is 13.2. The largest absolute Gasteiger partial charge is 0.444 e. The van der Waals surface area contributed by atoms with Crippen LogP contribution >= 0.6 is 0 Å². The molecule has 2 heterocycles. The minimum absolute atomic E-state index is 0.0128. The molecule has 2 atom stereocenters. The van der Waals surface area contributed by atoms with Gasteiger partial charge in [-0.2, -0.15) is 0 Å². The maximum absolute atomic E-state index is 13.9. The zero-order valence-corrected chi connectivity index (χ0v) is 31.3. The second-order valence-corrected chi connectivity index (χ2v) is 15.2. The van der Waals surface area contributed by atoms with E-state index in [1.807, 2.05) is 80.3 Å². The van der Waals surface area contributed by atoms with Gasteiger partial charge < -0.3 is 34.7 Å². The Morgan fingerprint density at radius 2 is 1.63 bits per heavy atom. The van der Waals surface area contributed by atoms with Gasteiger partial charge in [-0.05, 0) is 101 Å². The van der Waals surface area contributed by atoms with Crippen LogP contribution in [0.25, 0.3) is 22.2 Å². The van der Waals surface area contributed by atoms with E-state index < -0.39 is 29.2 Å². The molecule has 3 amide bonds. The van der Waals surface area contributed by atoms with Gasteiger partial charge in [-0.15, -0.1) is 0 Å². The summed E-state index contributed by atoms with van der Waals surface area (Å²) in [7, 11) is 1.71. The van der Waals surface area contributed by atoms with Crippen molar-refractivity contribution in [1.29, 1.82) is 0 Å². The SMILES string of the molecule is COCCCn1c([C@@H]2CCCN(C(=O)C[C@@H](Cc3ccc(-c4ccc(NC(=O)C(C)(C)O)cc4)cc3)NC(=O)OC(C)(C)C)C2)nc2ccccc21. The monoisotopic (exact) mass is 711 g/mol. The average molecular weight is 712 g/mol. The number of imidazole rings is 1. The number of methoxy groups -OCH3 is 1. The zero-order chi connectivity index (χ0) is 37.5. The number of aryl methyl sites for hydroxylation is 1. The number of hydrogen-bond donors (Lipinski definition) is 3. The van der Waals surface area contributed by atoms with Gasteiger partial charge in [0.1, 0.15) is 17.0 Å². The molecule has 5 rings (SSSR count). The fraction of sp³-hybridized carbons (Fsp3) is 0.463. The number of carbonyl (C=O) groups is 3. The number of aromatic nitrogens is 2. The molecule has 1 aliphatic heterocycles. The molecule has 3 N–H and O–H groups in total. The van der Waals surface area contributed by atoms with Gasteiger partial charge in [0.15, 0.2) is 0 Å². The van der Waals surface area contributed by atoms with E-state index in [0.717, 1.165) is 59.4 Å². The van der Waals surface area contributed by atoms with Gasteiger partial charge in [-0.25, -0.2) is 9.78 Å². The normalized spacial score (nSPS) is 15.7. The highest BCUT2D eigenvalue weighted by molar-refractivity contribution is 5.96. The lowest BCUT2D eigenvalue weighted by molar-refractivity contribution is -0.133. The number of hydrogen-bond acceptors (Lipinski definition) is 7. The Bertz CT molecular complexity index is 1820. The maximum Gasteiger partial charge on any atom is 0.407 e.